The molecule has 0 spiro atoms. The molecule has 0 saturated carbocycles. The minimum Gasteiger partial charge on any atom is -0.396 e. The van der Waals surface area contributed by atoms with Gasteiger partial charge >= 0.3 is 0 Å². The minimum absolute atomic E-state index is 0.145. The third-order valence-electron chi connectivity index (χ3n) is 3.01. The number of aliphatic hydroxyl groups excluding tert-OH is 1. The highest BCUT2D eigenvalue weighted by Crippen LogP contribution is 2.32. The lowest BCUT2D eigenvalue weighted by Crippen LogP contribution is -2.29. The SMILES string of the molecule is Nc1c(C(=O)N2CCC(O)C2)sc2nccnc12. The van der Waals surface area contributed by atoms with Gasteiger partial charge in [-0.25, -0.2) is 9.97 Å². The number of carbonyl (C=O) groups is 1. The van der Waals surface area contributed by atoms with Gasteiger partial charge in [0.25, 0.3) is 5.91 Å². The van der Waals surface area contributed by atoms with Gasteiger partial charge in [-0.05, 0) is 6.42 Å². The van der Waals surface area contributed by atoms with Crippen molar-refractivity contribution in [1.29, 1.82) is 0 Å². The molecule has 3 heterocycles. The van der Waals surface area contributed by atoms with Crippen LogP contribution in [0.4, 0.5) is 5.69 Å². The molecule has 6 nitrogen and oxygen atoms in total. The monoisotopic (exact) mass is 264 g/mol. The molecule has 2 aromatic heterocycles. The first-order chi connectivity index (χ1) is 8.66. The Hall–Kier alpha value is -1.73. The number of aliphatic hydroxyl groups is 1. The molecule has 0 aromatic carbocycles. The first kappa shape index (κ1) is 11.4. The van der Waals surface area contributed by atoms with E-state index in [1.165, 1.54) is 11.3 Å². The Labute approximate surface area is 107 Å². The zero-order valence-corrected chi connectivity index (χ0v) is 10.4. The fourth-order valence-electron chi connectivity index (χ4n) is 2.07. The van der Waals surface area contributed by atoms with Gasteiger partial charge in [0.05, 0.1) is 11.8 Å². The van der Waals surface area contributed by atoms with Crippen LogP contribution in [-0.4, -0.2) is 45.1 Å². The Morgan fingerprint density at radius 1 is 1.50 bits per heavy atom. The second-order valence-corrected chi connectivity index (χ2v) is 5.25. The number of nitrogen functional groups attached to an aromatic ring is 1. The van der Waals surface area contributed by atoms with Crippen LogP contribution in [0.15, 0.2) is 12.4 Å². The summed E-state index contributed by atoms with van der Waals surface area (Å²) in [5, 5.41) is 9.46. The highest BCUT2D eigenvalue weighted by molar-refractivity contribution is 7.21. The van der Waals surface area contributed by atoms with E-state index in [9.17, 15) is 9.90 Å². The van der Waals surface area contributed by atoms with E-state index in [-0.39, 0.29) is 5.91 Å². The summed E-state index contributed by atoms with van der Waals surface area (Å²) in [5.74, 6) is -0.145. The molecular formula is C11H12N4O2S. The first-order valence-electron chi connectivity index (χ1n) is 5.63. The summed E-state index contributed by atoms with van der Waals surface area (Å²) < 4.78 is 0. The summed E-state index contributed by atoms with van der Waals surface area (Å²) in [6.45, 7) is 0.932. The Balaban J connectivity index is 1.99. The van der Waals surface area contributed by atoms with Crippen LogP contribution in [0.3, 0.4) is 0 Å². The number of thiophene rings is 1. The van der Waals surface area contributed by atoms with Crippen molar-refractivity contribution in [3.63, 3.8) is 0 Å². The molecule has 1 atom stereocenters. The van der Waals surface area contributed by atoms with Crippen LogP contribution < -0.4 is 5.73 Å². The number of likely N-dealkylation sites (tertiary alicyclic amines) is 1. The highest BCUT2D eigenvalue weighted by Gasteiger charge is 2.28. The Morgan fingerprint density at radius 3 is 2.94 bits per heavy atom. The third-order valence-corrected chi connectivity index (χ3v) is 4.10. The van der Waals surface area contributed by atoms with E-state index < -0.39 is 6.10 Å². The third kappa shape index (κ3) is 1.72. The van der Waals surface area contributed by atoms with E-state index in [2.05, 4.69) is 9.97 Å². The first-order valence-corrected chi connectivity index (χ1v) is 6.45. The molecular weight excluding hydrogens is 252 g/mol. The van der Waals surface area contributed by atoms with Gasteiger partial charge in [-0.2, -0.15) is 0 Å². The van der Waals surface area contributed by atoms with Crippen molar-refractivity contribution in [2.75, 3.05) is 18.8 Å². The molecule has 94 valence electrons. The number of fused-ring (bicyclic) bond motifs is 1. The second kappa shape index (κ2) is 4.18. The molecule has 0 bridgehead atoms. The number of amides is 1. The molecule has 3 rings (SSSR count). The van der Waals surface area contributed by atoms with Gasteiger partial charge in [-0.15, -0.1) is 11.3 Å². The van der Waals surface area contributed by atoms with Crippen molar-refractivity contribution in [1.82, 2.24) is 14.9 Å². The number of carbonyl (C=O) groups excluding carboxylic acids is 1. The molecule has 1 unspecified atom stereocenters. The zero-order valence-electron chi connectivity index (χ0n) is 9.54. The zero-order chi connectivity index (χ0) is 12.7. The van der Waals surface area contributed by atoms with Crippen molar-refractivity contribution in [3.8, 4) is 0 Å². The molecule has 1 aliphatic rings. The van der Waals surface area contributed by atoms with Crippen LogP contribution in [0.25, 0.3) is 10.3 Å². The molecule has 0 radical (unpaired) electrons. The van der Waals surface area contributed by atoms with E-state index >= 15 is 0 Å². The summed E-state index contributed by atoms with van der Waals surface area (Å²) in [7, 11) is 0. The van der Waals surface area contributed by atoms with Crippen molar-refractivity contribution >= 4 is 33.3 Å². The van der Waals surface area contributed by atoms with E-state index in [1.54, 1.807) is 17.3 Å². The molecule has 2 aromatic rings. The molecule has 0 aliphatic carbocycles. The van der Waals surface area contributed by atoms with Gasteiger partial charge in [0.2, 0.25) is 0 Å². The molecule has 1 aliphatic heterocycles. The van der Waals surface area contributed by atoms with Gasteiger partial charge in [-0.3, -0.25) is 4.79 Å². The standard InChI is InChI=1S/C11H12N4O2S/c12-7-8-10(14-3-2-13-8)18-9(7)11(17)15-4-1-6(16)5-15/h2-3,6,16H,1,4-5,12H2. The molecule has 1 amide bonds. The maximum Gasteiger partial charge on any atom is 0.266 e. The number of aromatic nitrogens is 2. The van der Waals surface area contributed by atoms with Crippen LogP contribution in [0.1, 0.15) is 16.1 Å². The summed E-state index contributed by atoms with van der Waals surface area (Å²) in [6.07, 6.45) is 3.32. The van der Waals surface area contributed by atoms with E-state index in [0.717, 1.165) is 0 Å². The van der Waals surface area contributed by atoms with E-state index in [0.29, 0.717) is 40.4 Å². The van der Waals surface area contributed by atoms with Crippen LogP contribution in [0.2, 0.25) is 0 Å². The average molecular weight is 264 g/mol. The van der Waals surface area contributed by atoms with Crippen LogP contribution in [-0.2, 0) is 0 Å². The van der Waals surface area contributed by atoms with E-state index in [1.807, 2.05) is 0 Å². The summed E-state index contributed by atoms with van der Waals surface area (Å²) in [6, 6.07) is 0. The van der Waals surface area contributed by atoms with Gasteiger partial charge in [0.15, 0.2) is 0 Å². The lowest BCUT2D eigenvalue weighted by molar-refractivity contribution is 0.0770. The Bertz CT molecular complexity index is 612. The maximum atomic E-state index is 12.3. The molecule has 1 saturated heterocycles. The van der Waals surface area contributed by atoms with Gasteiger partial charge in [-0.1, -0.05) is 0 Å². The number of nitrogens with two attached hydrogens (primary N) is 1. The predicted octanol–water partition coefficient (Wildman–Crippen LogP) is 0.480. The van der Waals surface area contributed by atoms with Crippen LogP contribution >= 0.6 is 11.3 Å². The number of hydrogen-bond acceptors (Lipinski definition) is 6. The summed E-state index contributed by atoms with van der Waals surface area (Å²) in [4.78, 5) is 23.3. The number of nitrogens with zero attached hydrogens (tertiary/aromatic N) is 3. The van der Waals surface area contributed by atoms with Gasteiger partial charge in [0, 0.05) is 25.5 Å². The second-order valence-electron chi connectivity index (χ2n) is 4.25. The predicted molar refractivity (Wildman–Crippen MR) is 68.4 cm³/mol. The van der Waals surface area contributed by atoms with E-state index in [4.69, 9.17) is 5.73 Å². The molecule has 3 N–H and O–H groups in total. The topological polar surface area (TPSA) is 92.3 Å². The minimum atomic E-state index is -0.430. The lowest BCUT2D eigenvalue weighted by atomic mass is 10.3. The number of hydrogen-bond donors (Lipinski definition) is 2. The van der Waals surface area contributed by atoms with Crippen molar-refractivity contribution in [2.45, 2.75) is 12.5 Å². The molecule has 18 heavy (non-hydrogen) atoms. The fourth-order valence-corrected chi connectivity index (χ4v) is 3.06. The smallest absolute Gasteiger partial charge is 0.266 e. The largest absolute Gasteiger partial charge is 0.396 e. The van der Waals surface area contributed by atoms with Gasteiger partial charge < -0.3 is 15.7 Å². The lowest BCUT2D eigenvalue weighted by Gasteiger charge is -2.14. The van der Waals surface area contributed by atoms with Crippen molar-refractivity contribution in [2.24, 2.45) is 0 Å². The number of rotatable bonds is 1. The Kier molecular flexibility index (Phi) is 2.64. The van der Waals surface area contributed by atoms with Crippen molar-refractivity contribution < 1.29 is 9.90 Å². The van der Waals surface area contributed by atoms with Crippen LogP contribution in [0, 0.1) is 0 Å². The maximum absolute atomic E-state index is 12.3. The normalized spacial score (nSPS) is 19.6. The van der Waals surface area contributed by atoms with Crippen molar-refractivity contribution in [3.05, 3.63) is 17.3 Å². The average Bonchev–Trinajstić information content (AvgIpc) is 2.94. The van der Waals surface area contributed by atoms with Crippen LogP contribution in [0.5, 0.6) is 0 Å². The fraction of sp³-hybridized carbons (Fsp3) is 0.364. The molecule has 7 heteroatoms. The highest BCUT2D eigenvalue weighted by atomic mass is 32.1. The molecule has 1 fully saturated rings. The number of anilines is 1. The summed E-state index contributed by atoms with van der Waals surface area (Å²) in [5.41, 5.74) is 6.90. The quantitative estimate of drug-likeness (QED) is 0.781. The number of β-amino-alcohol motifs (C(OH)–C–C–N with tert-alkyl or cyclic N) is 1. The van der Waals surface area contributed by atoms with Gasteiger partial charge in [0.1, 0.15) is 15.2 Å². The Morgan fingerprint density at radius 2 is 2.28 bits per heavy atom. The summed E-state index contributed by atoms with van der Waals surface area (Å²) >= 11 is 1.25.